The van der Waals surface area contributed by atoms with Crippen molar-refractivity contribution in [1.82, 2.24) is 5.32 Å². The first-order chi connectivity index (χ1) is 11.0. The molecule has 5 heteroatoms. The minimum atomic E-state index is -1.22. The zero-order chi connectivity index (χ0) is 16.3. The Hall–Kier alpha value is -2.92. The van der Waals surface area contributed by atoms with Crippen LogP contribution >= 0.6 is 0 Å². The second-order valence-corrected chi connectivity index (χ2v) is 5.28. The van der Waals surface area contributed by atoms with Crippen molar-refractivity contribution in [3.05, 3.63) is 89.4 Å². The van der Waals surface area contributed by atoms with Crippen molar-refractivity contribution in [2.24, 2.45) is 16.5 Å². The summed E-state index contributed by atoms with van der Waals surface area (Å²) in [6.45, 7) is 0. The lowest BCUT2D eigenvalue weighted by atomic mass is 10.1. The second-order valence-electron chi connectivity index (χ2n) is 5.28. The number of nitrogens with one attached hydrogen (secondary N) is 1. The lowest BCUT2D eigenvalue weighted by Gasteiger charge is -2.31. The Morgan fingerprint density at radius 2 is 1.70 bits per heavy atom. The molecule has 1 heterocycles. The van der Waals surface area contributed by atoms with Gasteiger partial charge in [0.05, 0.1) is 0 Å². The van der Waals surface area contributed by atoms with E-state index in [1.165, 1.54) is 12.1 Å². The number of allylic oxidation sites excluding steroid dienone is 1. The summed E-state index contributed by atoms with van der Waals surface area (Å²) < 4.78 is 13.1. The quantitative estimate of drug-likeness (QED) is 0.815. The molecule has 5 N–H and O–H groups in total. The predicted molar refractivity (Wildman–Crippen MR) is 90.6 cm³/mol. The number of hydrogen-bond acceptors (Lipinski definition) is 4. The van der Waals surface area contributed by atoms with Gasteiger partial charge >= 0.3 is 0 Å². The molecule has 116 valence electrons. The molecule has 2 aromatic carbocycles. The third-order valence-electron chi connectivity index (χ3n) is 3.48. The highest BCUT2D eigenvalue weighted by Crippen LogP contribution is 2.22. The Morgan fingerprint density at radius 1 is 1.00 bits per heavy atom. The van der Waals surface area contributed by atoms with Crippen LogP contribution in [0.5, 0.6) is 0 Å². The molecular formula is C18H17FN4. The first-order valence-corrected chi connectivity index (χ1v) is 7.18. The third kappa shape index (κ3) is 3.46. The van der Waals surface area contributed by atoms with E-state index in [1.54, 1.807) is 18.2 Å². The molecule has 0 fully saturated rings. The Balaban J connectivity index is 1.86. The predicted octanol–water partition coefficient (Wildman–Crippen LogP) is 2.45. The third-order valence-corrected chi connectivity index (χ3v) is 3.48. The van der Waals surface area contributed by atoms with Crippen molar-refractivity contribution in [3.8, 4) is 0 Å². The molecule has 0 spiro atoms. The first kappa shape index (κ1) is 15.0. The lowest BCUT2D eigenvalue weighted by molar-refractivity contribution is 0.399. The van der Waals surface area contributed by atoms with Gasteiger partial charge in [0, 0.05) is 17.3 Å². The average molecular weight is 308 g/mol. The van der Waals surface area contributed by atoms with Gasteiger partial charge in [-0.3, -0.25) is 5.73 Å². The number of rotatable bonds is 3. The van der Waals surface area contributed by atoms with Crippen molar-refractivity contribution in [2.45, 2.75) is 5.79 Å². The van der Waals surface area contributed by atoms with Crippen LogP contribution in [-0.2, 0) is 5.79 Å². The molecule has 0 bridgehead atoms. The molecule has 0 aliphatic carbocycles. The topological polar surface area (TPSA) is 76.4 Å². The number of nitrogens with two attached hydrogens (primary N) is 2. The zero-order valence-corrected chi connectivity index (χ0v) is 12.4. The molecule has 1 aliphatic rings. The standard InChI is InChI=1S/C18H17FN4/c19-15-9-7-14(8-10-15)18(21)22-16(12-17(20)23-18)11-6-13-4-2-1-3-5-13/h1-12,22H,21H2,(H2,20,23). The summed E-state index contributed by atoms with van der Waals surface area (Å²) in [7, 11) is 0. The number of amidine groups is 1. The van der Waals surface area contributed by atoms with E-state index < -0.39 is 5.79 Å². The maximum absolute atomic E-state index is 13.1. The fraction of sp³-hybridized carbons (Fsp3) is 0.0556. The van der Waals surface area contributed by atoms with Gasteiger partial charge < -0.3 is 11.1 Å². The molecule has 0 radical (unpaired) electrons. The monoisotopic (exact) mass is 308 g/mol. The Kier molecular flexibility index (Phi) is 3.95. The van der Waals surface area contributed by atoms with Crippen LogP contribution in [0.1, 0.15) is 11.1 Å². The number of benzene rings is 2. The molecule has 1 aliphatic heterocycles. The normalized spacial score (nSPS) is 20.8. The highest BCUT2D eigenvalue weighted by molar-refractivity contribution is 5.93. The van der Waals surface area contributed by atoms with Crippen LogP contribution in [0, 0.1) is 5.82 Å². The minimum Gasteiger partial charge on any atom is -0.384 e. The number of halogens is 1. The number of hydrogen-bond donors (Lipinski definition) is 3. The average Bonchev–Trinajstić information content (AvgIpc) is 2.54. The molecule has 23 heavy (non-hydrogen) atoms. The van der Waals surface area contributed by atoms with E-state index in [-0.39, 0.29) is 5.82 Å². The summed E-state index contributed by atoms with van der Waals surface area (Å²) in [5.41, 5.74) is 14.6. The van der Waals surface area contributed by atoms with Gasteiger partial charge in [-0.05, 0) is 23.8 Å². The van der Waals surface area contributed by atoms with E-state index >= 15 is 0 Å². The van der Waals surface area contributed by atoms with Crippen LogP contribution in [0.4, 0.5) is 4.39 Å². The van der Waals surface area contributed by atoms with Gasteiger partial charge in [0.1, 0.15) is 11.7 Å². The molecule has 0 saturated heterocycles. The second kappa shape index (κ2) is 6.06. The molecule has 3 rings (SSSR count). The van der Waals surface area contributed by atoms with Gasteiger partial charge in [-0.1, -0.05) is 48.5 Å². The number of nitrogens with zero attached hydrogens (tertiary/aromatic N) is 1. The summed E-state index contributed by atoms with van der Waals surface area (Å²) in [6, 6.07) is 15.7. The maximum atomic E-state index is 13.1. The van der Waals surface area contributed by atoms with Crippen molar-refractivity contribution in [1.29, 1.82) is 0 Å². The largest absolute Gasteiger partial charge is 0.384 e. The van der Waals surface area contributed by atoms with Crippen molar-refractivity contribution >= 4 is 11.9 Å². The van der Waals surface area contributed by atoms with E-state index in [9.17, 15) is 4.39 Å². The van der Waals surface area contributed by atoms with Crippen molar-refractivity contribution in [2.75, 3.05) is 0 Å². The highest BCUT2D eigenvalue weighted by Gasteiger charge is 2.29. The Bertz CT molecular complexity index is 778. The van der Waals surface area contributed by atoms with E-state index in [4.69, 9.17) is 11.5 Å². The molecule has 2 aromatic rings. The smallest absolute Gasteiger partial charge is 0.211 e. The molecule has 1 atom stereocenters. The molecule has 4 nitrogen and oxygen atoms in total. The zero-order valence-electron chi connectivity index (χ0n) is 12.4. The Labute approximate surface area is 134 Å². The molecule has 0 amide bonds. The molecule has 0 aromatic heterocycles. The van der Waals surface area contributed by atoms with Crippen LogP contribution in [-0.4, -0.2) is 5.84 Å². The number of aliphatic imine (C=N–C) groups is 1. The highest BCUT2D eigenvalue weighted by atomic mass is 19.1. The van der Waals surface area contributed by atoms with Crippen LogP contribution < -0.4 is 16.8 Å². The van der Waals surface area contributed by atoms with E-state index in [0.29, 0.717) is 11.4 Å². The minimum absolute atomic E-state index is 0.309. The fourth-order valence-electron chi connectivity index (χ4n) is 2.36. The van der Waals surface area contributed by atoms with Gasteiger partial charge in [-0.25, -0.2) is 9.38 Å². The van der Waals surface area contributed by atoms with Crippen LogP contribution in [0.25, 0.3) is 6.08 Å². The van der Waals surface area contributed by atoms with Crippen molar-refractivity contribution < 1.29 is 4.39 Å². The van der Waals surface area contributed by atoms with Crippen LogP contribution in [0.3, 0.4) is 0 Å². The van der Waals surface area contributed by atoms with Gasteiger partial charge in [-0.2, -0.15) is 0 Å². The molecular weight excluding hydrogens is 291 g/mol. The lowest BCUT2D eigenvalue weighted by Crippen LogP contribution is -2.51. The SMILES string of the molecule is NC1=NC(N)(c2ccc(F)cc2)NC(C=Cc2ccccc2)=C1. The summed E-state index contributed by atoms with van der Waals surface area (Å²) in [5.74, 6) is -1.24. The van der Waals surface area contributed by atoms with E-state index in [1.807, 2.05) is 42.5 Å². The van der Waals surface area contributed by atoms with Crippen LogP contribution in [0.15, 0.2) is 77.4 Å². The first-order valence-electron chi connectivity index (χ1n) is 7.18. The Morgan fingerprint density at radius 3 is 2.39 bits per heavy atom. The molecule has 1 unspecified atom stereocenters. The summed E-state index contributed by atoms with van der Waals surface area (Å²) in [6.07, 6.45) is 5.53. The van der Waals surface area contributed by atoms with E-state index in [0.717, 1.165) is 11.3 Å². The summed E-state index contributed by atoms with van der Waals surface area (Å²) in [5, 5.41) is 3.13. The summed E-state index contributed by atoms with van der Waals surface area (Å²) >= 11 is 0. The fourth-order valence-corrected chi connectivity index (χ4v) is 2.36. The van der Waals surface area contributed by atoms with Gasteiger partial charge in [0.25, 0.3) is 0 Å². The van der Waals surface area contributed by atoms with Gasteiger partial charge in [0.2, 0.25) is 5.79 Å². The van der Waals surface area contributed by atoms with E-state index in [2.05, 4.69) is 10.3 Å². The molecule has 0 saturated carbocycles. The maximum Gasteiger partial charge on any atom is 0.211 e. The van der Waals surface area contributed by atoms with Crippen LogP contribution in [0.2, 0.25) is 0 Å². The van der Waals surface area contributed by atoms with Gasteiger partial charge in [0.15, 0.2) is 0 Å². The summed E-state index contributed by atoms with van der Waals surface area (Å²) in [4.78, 5) is 4.25. The van der Waals surface area contributed by atoms with Crippen molar-refractivity contribution in [3.63, 3.8) is 0 Å². The van der Waals surface area contributed by atoms with Gasteiger partial charge in [-0.15, -0.1) is 0 Å².